The predicted octanol–water partition coefficient (Wildman–Crippen LogP) is 3.83. The van der Waals surface area contributed by atoms with E-state index in [-0.39, 0.29) is 17.8 Å². The molecule has 1 amide bonds. The van der Waals surface area contributed by atoms with Crippen LogP contribution in [0.15, 0.2) is 24.3 Å². The van der Waals surface area contributed by atoms with Gasteiger partial charge >= 0.3 is 6.36 Å². The minimum Gasteiger partial charge on any atom is -0.406 e. The average Bonchev–Trinajstić information content (AvgIpc) is 2.89. The molecule has 1 aromatic carbocycles. The number of benzene rings is 1. The first-order valence-electron chi connectivity index (χ1n) is 7.50. The van der Waals surface area contributed by atoms with E-state index in [2.05, 4.69) is 10.1 Å². The maximum Gasteiger partial charge on any atom is 0.573 e. The number of fused-ring (bicyclic) bond motifs is 1. The Bertz CT molecular complexity index is 911. The largest absolute Gasteiger partial charge is 0.573 e. The molecule has 2 aromatic rings. The molecule has 0 saturated heterocycles. The molecule has 1 heterocycles. The molecule has 0 aliphatic heterocycles. The molecular formula is C17H11F3N2O3S. The minimum absolute atomic E-state index is 0.0846. The summed E-state index contributed by atoms with van der Waals surface area (Å²) in [5.74, 6) is -0.914. The van der Waals surface area contributed by atoms with Gasteiger partial charge in [0.25, 0.3) is 5.91 Å². The molecule has 9 heteroatoms. The van der Waals surface area contributed by atoms with E-state index < -0.39 is 18.0 Å². The fourth-order valence-corrected chi connectivity index (χ4v) is 3.86. The molecule has 0 saturated carbocycles. The van der Waals surface area contributed by atoms with Crippen LogP contribution in [0.1, 0.15) is 32.8 Å². The summed E-state index contributed by atoms with van der Waals surface area (Å²) in [6, 6.07) is 6.50. The lowest BCUT2D eigenvalue weighted by atomic mass is 9.95. The van der Waals surface area contributed by atoms with Gasteiger partial charge in [0.05, 0.1) is 5.56 Å². The summed E-state index contributed by atoms with van der Waals surface area (Å²) in [7, 11) is 0. The minimum atomic E-state index is -4.81. The van der Waals surface area contributed by atoms with Crippen molar-refractivity contribution in [3.8, 4) is 11.8 Å². The monoisotopic (exact) mass is 380 g/mol. The van der Waals surface area contributed by atoms with Crippen LogP contribution >= 0.6 is 11.3 Å². The van der Waals surface area contributed by atoms with E-state index in [0.717, 1.165) is 22.6 Å². The number of nitriles is 1. The van der Waals surface area contributed by atoms with Gasteiger partial charge < -0.3 is 10.1 Å². The van der Waals surface area contributed by atoms with Crippen LogP contribution in [-0.4, -0.2) is 18.1 Å². The highest BCUT2D eigenvalue weighted by molar-refractivity contribution is 7.16. The third kappa shape index (κ3) is 3.86. The molecule has 1 aliphatic rings. The zero-order valence-electron chi connectivity index (χ0n) is 13.1. The van der Waals surface area contributed by atoms with Gasteiger partial charge in [-0.25, -0.2) is 0 Å². The molecule has 0 atom stereocenters. The number of nitrogens with zero attached hydrogens (tertiary/aromatic N) is 1. The second-order valence-corrected chi connectivity index (χ2v) is 6.67. The number of carbonyl (C=O) groups is 2. The van der Waals surface area contributed by atoms with E-state index in [4.69, 9.17) is 0 Å². The quantitative estimate of drug-likeness (QED) is 0.878. The molecule has 0 fully saturated rings. The van der Waals surface area contributed by atoms with E-state index in [1.54, 1.807) is 0 Å². The van der Waals surface area contributed by atoms with Crippen LogP contribution in [0, 0.1) is 11.3 Å². The van der Waals surface area contributed by atoms with Crippen molar-refractivity contribution in [3.63, 3.8) is 0 Å². The highest BCUT2D eigenvalue weighted by Gasteiger charge is 2.31. The molecule has 3 rings (SSSR count). The summed E-state index contributed by atoms with van der Waals surface area (Å²) in [6.07, 6.45) is -3.73. The topological polar surface area (TPSA) is 79.2 Å². The number of anilines is 1. The lowest BCUT2D eigenvalue weighted by Crippen LogP contribution is -2.17. The molecule has 1 aromatic heterocycles. The van der Waals surface area contributed by atoms with Crippen LogP contribution in [0.4, 0.5) is 18.2 Å². The number of carbonyl (C=O) groups excluding carboxylic acids is 2. The van der Waals surface area contributed by atoms with Gasteiger partial charge in [0.1, 0.15) is 22.6 Å². The lowest BCUT2D eigenvalue weighted by molar-refractivity contribution is -0.274. The van der Waals surface area contributed by atoms with Crippen molar-refractivity contribution in [2.24, 2.45) is 0 Å². The van der Waals surface area contributed by atoms with Crippen molar-refractivity contribution in [3.05, 3.63) is 45.8 Å². The van der Waals surface area contributed by atoms with Crippen molar-refractivity contribution in [1.82, 2.24) is 0 Å². The van der Waals surface area contributed by atoms with E-state index in [0.29, 0.717) is 23.4 Å². The van der Waals surface area contributed by atoms with Gasteiger partial charge in [0, 0.05) is 23.3 Å². The van der Waals surface area contributed by atoms with Gasteiger partial charge in [-0.1, -0.05) is 0 Å². The molecule has 1 N–H and O–H groups in total. The van der Waals surface area contributed by atoms with Crippen LogP contribution in [0.2, 0.25) is 0 Å². The van der Waals surface area contributed by atoms with Gasteiger partial charge in [0.15, 0.2) is 0 Å². The molecule has 26 heavy (non-hydrogen) atoms. The molecule has 5 nitrogen and oxygen atoms in total. The van der Waals surface area contributed by atoms with Crippen LogP contribution < -0.4 is 10.1 Å². The summed E-state index contributed by atoms with van der Waals surface area (Å²) in [5, 5.41) is 12.3. The molecule has 134 valence electrons. The summed E-state index contributed by atoms with van der Waals surface area (Å²) in [5.41, 5.74) is 1.23. The molecule has 1 aliphatic carbocycles. The zero-order chi connectivity index (χ0) is 18.9. The Kier molecular flexibility index (Phi) is 4.70. The number of ketones is 1. The van der Waals surface area contributed by atoms with Gasteiger partial charge in [-0.15, -0.1) is 24.5 Å². The fraction of sp³-hybridized carbons (Fsp3) is 0.235. The lowest BCUT2D eigenvalue weighted by Gasteiger charge is -2.09. The predicted molar refractivity (Wildman–Crippen MR) is 87.1 cm³/mol. The van der Waals surface area contributed by atoms with Gasteiger partial charge in [-0.05, 0) is 36.2 Å². The third-order valence-electron chi connectivity index (χ3n) is 3.79. The first kappa shape index (κ1) is 17.9. The van der Waals surface area contributed by atoms with Crippen molar-refractivity contribution in [2.75, 3.05) is 5.32 Å². The number of Topliss-reactive ketones (excluding diaryl/α,β-unsaturated/α-hetero) is 1. The summed E-state index contributed by atoms with van der Waals surface area (Å²) in [6.45, 7) is 0. The zero-order valence-corrected chi connectivity index (χ0v) is 14.0. The number of amides is 1. The number of hydrogen-bond acceptors (Lipinski definition) is 5. The Balaban J connectivity index is 1.78. The standard InChI is InChI=1S/C17H11F3N2O3S/c18-17(19,20)25-11-4-1-9(2-5-11)15(24)22-16-13(8-21)12-6-3-10(23)7-14(12)26-16/h1-2,4-5H,3,6-7H2,(H,22,24). The second-order valence-electron chi connectivity index (χ2n) is 5.56. The van der Waals surface area contributed by atoms with Crippen molar-refractivity contribution < 1.29 is 27.5 Å². The van der Waals surface area contributed by atoms with E-state index >= 15 is 0 Å². The number of alkyl halides is 3. The van der Waals surface area contributed by atoms with Crippen LogP contribution in [-0.2, 0) is 17.6 Å². The number of hydrogen-bond donors (Lipinski definition) is 1. The van der Waals surface area contributed by atoms with Crippen molar-refractivity contribution in [1.29, 1.82) is 5.26 Å². The molecular weight excluding hydrogens is 369 g/mol. The summed E-state index contributed by atoms with van der Waals surface area (Å²) >= 11 is 1.18. The Labute approximate surface area is 150 Å². The Morgan fingerprint density at radius 2 is 1.92 bits per heavy atom. The van der Waals surface area contributed by atoms with E-state index in [9.17, 15) is 28.0 Å². The molecule has 0 spiro atoms. The van der Waals surface area contributed by atoms with Crippen LogP contribution in [0.5, 0.6) is 5.75 Å². The first-order chi connectivity index (χ1) is 12.3. The molecule has 0 radical (unpaired) electrons. The SMILES string of the molecule is N#Cc1c(NC(=O)c2ccc(OC(F)(F)F)cc2)sc2c1CCC(=O)C2. The third-order valence-corrected chi connectivity index (χ3v) is 4.94. The number of rotatable bonds is 3. The summed E-state index contributed by atoms with van der Waals surface area (Å²) < 4.78 is 40.2. The highest BCUT2D eigenvalue weighted by atomic mass is 32.1. The fourth-order valence-electron chi connectivity index (χ4n) is 2.64. The van der Waals surface area contributed by atoms with Gasteiger partial charge in [0.2, 0.25) is 0 Å². The maximum atomic E-state index is 12.3. The highest BCUT2D eigenvalue weighted by Crippen LogP contribution is 2.37. The van der Waals surface area contributed by atoms with Gasteiger partial charge in [-0.3, -0.25) is 9.59 Å². The van der Waals surface area contributed by atoms with Crippen molar-refractivity contribution in [2.45, 2.75) is 25.6 Å². The number of halogens is 3. The normalized spacial score (nSPS) is 13.7. The average molecular weight is 380 g/mol. The summed E-state index contributed by atoms with van der Waals surface area (Å²) in [4.78, 5) is 24.6. The number of ether oxygens (including phenoxy) is 1. The maximum absolute atomic E-state index is 12.3. The Morgan fingerprint density at radius 3 is 2.54 bits per heavy atom. The first-order valence-corrected chi connectivity index (χ1v) is 8.32. The smallest absolute Gasteiger partial charge is 0.406 e. The van der Waals surface area contributed by atoms with Gasteiger partial charge in [-0.2, -0.15) is 5.26 Å². The van der Waals surface area contributed by atoms with Crippen LogP contribution in [0.25, 0.3) is 0 Å². The Morgan fingerprint density at radius 1 is 1.23 bits per heavy atom. The molecule has 0 bridgehead atoms. The number of nitrogens with one attached hydrogen (secondary N) is 1. The van der Waals surface area contributed by atoms with E-state index in [1.807, 2.05) is 6.07 Å². The van der Waals surface area contributed by atoms with E-state index in [1.165, 1.54) is 23.5 Å². The molecule has 0 unspecified atom stereocenters. The Hall–Kier alpha value is -2.86. The number of thiophene rings is 1. The van der Waals surface area contributed by atoms with Crippen LogP contribution in [0.3, 0.4) is 0 Å². The van der Waals surface area contributed by atoms with Crippen molar-refractivity contribution >= 4 is 28.0 Å². The second kappa shape index (κ2) is 6.80.